The highest BCUT2D eigenvalue weighted by atomic mass is 35.5. The van der Waals surface area contributed by atoms with Crippen molar-refractivity contribution in [2.45, 2.75) is 19.6 Å². The number of nitrogens with one attached hydrogen (secondary N) is 1. The van der Waals surface area contributed by atoms with Crippen LogP contribution in [0.3, 0.4) is 0 Å². The lowest BCUT2D eigenvalue weighted by molar-refractivity contribution is 0.0939. The normalized spacial score (nSPS) is 11.5. The Kier molecular flexibility index (Phi) is 6.56. The van der Waals surface area contributed by atoms with E-state index in [1.165, 1.54) is 0 Å². The fraction of sp³-hybridized carbons (Fsp3) is 0.174. The van der Waals surface area contributed by atoms with Gasteiger partial charge in [0.2, 0.25) is 0 Å². The van der Waals surface area contributed by atoms with Crippen LogP contribution in [0, 0.1) is 0 Å². The maximum absolute atomic E-state index is 12.7. The number of ether oxygens (including phenoxy) is 2. The number of carbonyl (C=O) groups excluding carboxylic acids is 1. The summed E-state index contributed by atoms with van der Waals surface area (Å²) in [6.45, 7) is 2.26. The van der Waals surface area contributed by atoms with Crippen LogP contribution < -0.4 is 14.8 Å². The molecule has 3 aromatic rings. The van der Waals surface area contributed by atoms with Gasteiger partial charge in [-0.05, 0) is 37.3 Å². The molecular weight excluding hydrogens is 374 g/mol. The number of amides is 1. The first kappa shape index (κ1) is 19.8. The molecule has 0 aliphatic rings. The van der Waals surface area contributed by atoms with Gasteiger partial charge >= 0.3 is 0 Å². The summed E-state index contributed by atoms with van der Waals surface area (Å²) in [5, 5.41) is 3.66. The Morgan fingerprint density at radius 3 is 2.57 bits per heavy atom. The molecule has 0 spiro atoms. The highest BCUT2D eigenvalue weighted by Gasteiger charge is 2.15. The minimum absolute atomic E-state index is 0.179. The number of hydrogen-bond acceptors (Lipinski definition) is 3. The number of methoxy groups -OCH3 is 1. The van der Waals surface area contributed by atoms with Crippen LogP contribution in [0.4, 0.5) is 0 Å². The molecule has 1 atom stereocenters. The molecule has 3 rings (SSSR count). The summed E-state index contributed by atoms with van der Waals surface area (Å²) in [4.78, 5) is 12.7. The molecule has 0 heterocycles. The predicted molar refractivity (Wildman–Crippen MR) is 111 cm³/mol. The molecule has 1 amide bonds. The van der Waals surface area contributed by atoms with E-state index in [9.17, 15) is 4.79 Å². The zero-order chi connectivity index (χ0) is 19.9. The number of rotatable bonds is 7. The average Bonchev–Trinajstić information content (AvgIpc) is 2.73. The summed E-state index contributed by atoms with van der Waals surface area (Å²) in [6, 6.07) is 22.0. The molecule has 3 aromatic carbocycles. The molecule has 4 nitrogen and oxygen atoms in total. The number of para-hydroxylation sites is 1. The van der Waals surface area contributed by atoms with Crippen molar-refractivity contribution in [3.05, 3.63) is 94.5 Å². The lowest BCUT2D eigenvalue weighted by Gasteiger charge is -2.17. The number of carbonyl (C=O) groups is 1. The Bertz CT molecular complexity index is 958. The van der Waals surface area contributed by atoms with Crippen molar-refractivity contribution in [3.63, 3.8) is 0 Å². The van der Waals surface area contributed by atoms with Crippen molar-refractivity contribution < 1.29 is 14.3 Å². The minimum atomic E-state index is -0.198. The van der Waals surface area contributed by atoms with Gasteiger partial charge in [-0.3, -0.25) is 4.79 Å². The molecule has 0 aromatic heterocycles. The van der Waals surface area contributed by atoms with E-state index in [0.29, 0.717) is 22.9 Å². The van der Waals surface area contributed by atoms with Gasteiger partial charge in [-0.15, -0.1) is 0 Å². The van der Waals surface area contributed by atoms with Crippen LogP contribution in [-0.4, -0.2) is 13.0 Å². The van der Waals surface area contributed by atoms with Crippen molar-refractivity contribution >= 4 is 17.5 Å². The summed E-state index contributed by atoms with van der Waals surface area (Å²) in [7, 11) is 1.62. The van der Waals surface area contributed by atoms with Crippen LogP contribution in [-0.2, 0) is 6.61 Å². The van der Waals surface area contributed by atoms with Crippen LogP contribution in [0.5, 0.6) is 11.5 Å². The van der Waals surface area contributed by atoms with Gasteiger partial charge in [0, 0.05) is 21.7 Å². The van der Waals surface area contributed by atoms with E-state index in [-0.39, 0.29) is 11.9 Å². The first-order valence-electron chi connectivity index (χ1n) is 8.98. The van der Waals surface area contributed by atoms with E-state index in [2.05, 4.69) is 5.32 Å². The standard InChI is InChI=1S/C23H22ClNO3/c1-16(20-11-4-6-13-22(20)27-2)25-23(26)17-9-7-10-19(14-17)28-15-18-8-3-5-12-21(18)24/h3-14,16H,15H2,1-2H3,(H,25,26)/t16-/m1/s1. The van der Waals surface area contributed by atoms with Crippen molar-refractivity contribution in [2.24, 2.45) is 0 Å². The average molecular weight is 396 g/mol. The predicted octanol–water partition coefficient (Wildman–Crippen LogP) is 5.42. The highest BCUT2D eigenvalue weighted by Crippen LogP contribution is 2.25. The molecule has 5 heteroatoms. The molecule has 0 saturated heterocycles. The van der Waals surface area contributed by atoms with E-state index >= 15 is 0 Å². The number of halogens is 1. The van der Waals surface area contributed by atoms with Crippen LogP contribution >= 0.6 is 11.6 Å². The summed E-state index contributed by atoms with van der Waals surface area (Å²) in [5.41, 5.74) is 2.34. The molecule has 0 saturated carbocycles. The smallest absolute Gasteiger partial charge is 0.251 e. The van der Waals surface area contributed by atoms with Gasteiger partial charge in [-0.1, -0.05) is 54.1 Å². The van der Waals surface area contributed by atoms with Crippen LogP contribution in [0.1, 0.15) is 34.5 Å². The van der Waals surface area contributed by atoms with Gasteiger partial charge in [-0.25, -0.2) is 0 Å². The van der Waals surface area contributed by atoms with Gasteiger partial charge in [0.1, 0.15) is 18.1 Å². The second kappa shape index (κ2) is 9.29. The van der Waals surface area contributed by atoms with Crippen LogP contribution in [0.2, 0.25) is 5.02 Å². The molecule has 28 heavy (non-hydrogen) atoms. The van der Waals surface area contributed by atoms with E-state index in [1.54, 1.807) is 25.3 Å². The lowest BCUT2D eigenvalue weighted by atomic mass is 10.1. The monoisotopic (exact) mass is 395 g/mol. The van der Waals surface area contributed by atoms with E-state index in [0.717, 1.165) is 16.9 Å². The van der Waals surface area contributed by atoms with Crippen LogP contribution in [0.15, 0.2) is 72.8 Å². The van der Waals surface area contributed by atoms with E-state index < -0.39 is 0 Å². The lowest BCUT2D eigenvalue weighted by Crippen LogP contribution is -2.26. The van der Waals surface area contributed by atoms with Gasteiger partial charge < -0.3 is 14.8 Å². The molecule has 0 aliphatic heterocycles. The zero-order valence-electron chi connectivity index (χ0n) is 15.8. The second-order valence-electron chi connectivity index (χ2n) is 6.35. The van der Waals surface area contributed by atoms with Gasteiger partial charge in [0.05, 0.1) is 13.2 Å². The second-order valence-corrected chi connectivity index (χ2v) is 6.75. The Morgan fingerprint density at radius 2 is 1.79 bits per heavy atom. The Hall–Kier alpha value is -2.98. The zero-order valence-corrected chi connectivity index (χ0v) is 16.6. The van der Waals surface area contributed by atoms with Gasteiger partial charge in [0.25, 0.3) is 5.91 Å². The fourth-order valence-electron chi connectivity index (χ4n) is 2.89. The number of benzene rings is 3. The highest BCUT2D eigenvalue weighted by molar-refractivity contribution is 6.31. The SMILES string of the molecule is COc1ccccc1[C@@H](C)NC(=O)c1cccc(OCc2ccccc2Cl)c1. The first-order chi connectivity index (χ1) is 13.6. The van der Waals surface area contributed by atoms with Crippen molar-refractivity contribution in [3.8, 4) is 11.5 Å². The van der Waals surface area contributed by atoms with Crippen molar-refractivity contribution in [1.82, 2.24) is 5.32 Å². The molecule has 0 aliphatic carbocycles. The Morgan fingerprint density at radius 1 is 1.04 bits per heavy atom. The largest absolute Gasteiger partial charge is 0.496 e. The maximum Gasteiger partial charge on any atom is 0.251 e. The van der Waals surface area contributed by atoms with Crippen molar-refractivity contribution in [2.75, 3.05) is 7.11 Å². The fourth-order valence-corrected chi connectivity index (χ4v) is 3.08. The van der Waals surface area contributed by atoms with E-state index in [1.807, 2.05) is 61.5 Å². The van der Waals surface area contributed by atoms with Crippen LogP contribution in [0.25, 0.3) is 0 Å². The van der Waals surface area contributed by atoms with Gasteiger partial charge in [-0.2, -0.15) is 0 Å². The third-order valence-corrected chi connectivity index (χ3v) is 4.77. The Labute approximate surface area is 170 Å². The topological polar surface area (TPSA) is 47.6 Å². The quantitative estimate of drug-likeness (QED) is 0.581. The third-order valence-electron chi connectivity index (χ3n) is 4.40. The minimum Gasteiger partial charge on any atom is -0.496 e. The Balaban J connectivity index is 1.67. The molecular formula is C23H22ClNO3. The maximum atomic E-state index is 12.7. The molecule has 0 fully saturated rings. The molecule has 1 N–H and O–H groups in total. The van der Waals surface area contributed by atoms with E-state index in [4.69, 9.17) is 21.1 Å². The summed E-state index contributed by atoms with van der Waals surface area (Å²) in [6.07, 6.45) is 0. The molecule has 0 unspecified atom stereocenters. The van der Waals surface area contributed by atoms with Crippen molar-refractivity contribution in [1.29, 1.82) is 0 Å². The molecule has 0 radical (unpaired) electrons. The summed E-state index contributed by atoms with van der Waals surface area (Å²) >= 11 is 6.16. The van der Waals surface area contributed by atoms with Gasteiger partial charge in [0.15, 0.2) is 0 Å². The third kappa shape index (κ3) is 4.84. The molecule has 144 valence electrons. The summed E-state index contributed by atoms with van der Waals surface area (Å²) in [5.74, 6) is 1.17. The summed E-state index contributed by atoms with van der Waals surface area (Å²) < 4.78 is 11.2. The molecule has 0 bridgehead atoms. The number of hydrogen-bond donors (Lipinski definition) is 1. The first-order valence-corrected chi connectivity index (χ1v) is 9.36.